The first-order chi connectivity index (χ1) is 12.8. The van der Waals surface area contributed by atoms with Gasteiger partial charge in [-0.05, 0) is 38.5 Å². The fourth-order valence-electron chi connectivity index (χ4n) is 2.97. The zero-order chi connectivity index (χ0) is 19.6. The molecule has 0 bridgehead atoms. The molecule has 0 aromatic heterocycles. The highest BCUT2D eigenvalue weighted by Gasteiger charge is 2.41. The van der Waals surface area contributed by atoms with Crippen molar-refractivity contribution in [1.29, 1.82) is 0 Å². The molecule has 0 spiro atoms. The van der Waals surface area contributed by atoms with Crippen LogP contribution in [0.5, 0.6) is 0 Å². The molecule has 1 fully saturated rings. The first-order valence-corrected chi connectivity index (χ1v) is 9.59. The minimum Gasteiger partial charge on any atom is -0.281 e. The fourth-order valence-corrected chi connectivity index (χ4v) is 4.20. The Morgan fingerprint density at radius 1 is 1.26 bits per heavy atom. The second kappa shape index (κ2) is 7.52. The van der Waals surface area contributed by atoms with Crippen LogP contribution in [0.3, 0.4) is 0 Å². The number of nitro benzene ring substituents is 1. The minimum atomic E-state index is -0.439. The Bertz CT molecular complexity index is 910. The minimum absolute atomic E-state index is 0.0135. The molecule has 1 saturated heterocycles. The first-order valence-electron chi connectivity index (χ1n) is 8.60. The number of carbonyl (C=O) groups excluding carboxylic acids is 1. The number of hydrogen-bond donors (Lipinski definition) is 0. The van der Waals surface area contributed by atoms with Crippen LogP contribution in [0.4, 0.5) is 5.69 Å². The van der Waals surface area contributed by atoms with Crippen molar-refractivity contribution in [3.05, 3.63) is 75.3 Å². The topological polar surface area (TPSA) is 75.8 Å². The number of amidine groups is 1. The molecule has 1 aliphatic heterocycles. The van der Waals surface area contributed by atoms with E-state index in [4.69, 9.17) is 0 Å². The SMILES string of the molecule is Cc1cc(C(=O)N2C(=NCc3ccccc3)SCC2(C)C)ccc1[N+](=O)[O-]. The zero-order valence-corrected chi connectivity index (χ0v) is 16.3. The van der Waals surface area contributed by atoms with Crippen molar-refractivity contribution in [2.24, 2.45) is 4.99 Å². The van der Waals surface area contributed by atoms with E-state index in [9.17, 15) is 14.9 Å². The molecule has 0 N–H and O–H groups in total. The van der Waals surface area contributed by atoms with Gasteiger partial charge in [0.1, 0.15) is 0 Å². The first kappa shape index (κ1) is 19.1. The Balaban J connectivity index is 1.90. The number of amides is 1. The molecule has 27 heavy (non-hydrogen) atoms. The number of hydrogen-bond acceptors (Lipinski definition) is 5. The summed E-state index contributed by atoms with van der Waals surface area (Å²) in [5, 5.41) is 11.7. The van der Waals surface area contributed by atoms with Crippen molar-refractivity contribution in [1.82, 2.24) is 4.90 Å². The van der Waals surface area contributed by atoms with Gasteiger partial charge >= 0.3 is 0 Å². The lowest BCUT2D eigenvalue weighted by atomic mass is 10.0. The van der Waals surface area contributed by atoms with E-state index >= 15 is 0 Å². The van der Waals surface area contributed by atoms with Gasteiger partial charge in [-0.1, -0.05) is 42.1 Å². The fraction of sp³-hybridized carbons (Fsp3) is 0.300. The molecule has 1 aliphatic rings. The molecule has 2 aromatic carbocycles. The Morgan fingerprint density at radius 3 is 2.59 bits per heavy atom. The van der Waals surface area contributed by atoms with E-state index in [1.54, 1.807) is 29.7 Å². The van der Waals surface area contributed by atoms with E-state index in [-0.39, 0.29) is 17.1 Å². The maximum absolute atomic E-state index is 13.2. The molecule has 0 radical (unpaired) electrons. The van der Waals surface area contributed by atoms with Crippen molar-refractivity contribution in [2.45, 2.75) is 32.9 Å². The van der Waals surface area contributed by atoms with E-state index in [0.29, 0.717) is 22.8 Å². The van der Waals surface area contributed by atoms with E-state index in [1.165, 1.54) is 12.1 Å². The molecule has 0 atom stereocenters. The lowest BCUT2D eigenvalue weighted by Gasteiger charge is -2.30. The third kappa shape index (κ3) is 4.03. The number of carbonyl (C=O) groups is 1. The van der Waals surface area contributed by atoms with E-state index in [1.807, 2.05) is 44.2 Å². The van der Waals surface area contributed by atoms with Gasteiger partial charge in [0.25, 0.3) is 11.6 Å². The van der Waals surface area contributed by atoms with Gasteiger partial charge in [0.15, 0.2) is 5.17 Å². The second-order valence-electron chi connectivity index (χ2n) is 7.08. The number of thioether (sulfide) groups is 1. The maximum atomic E-state index is 13.2. The molecule has 0 saturated carbocycles. The number of rotatable bonds is 4. The summed E-state index contributed by atoms with van der Waals surface area (Å²) in [5.41, 5.74) is 1.61. The van der Waals surface area contributed by atoms with Gasteiger partial charge in [-0.25, -0.2) is 0 Å². The standard InChI is InChI=1S/C20H21N3O3S/c1-14-11-16(9-10-17(14)23(25)26)18(24)22-19(27-13-20(22,2)3)21-12-15-7-5-4-6-8-15/h4-11H,12-13H2,1-3H3. The Hall–Kier alpha value is -2.67. The lowest BCUT2D eigenvalue weighted by molar-refractivity contribution is -0.385. The van der Waals surface area contributed by atoms with Crippen molar-refractivity contribution in [3.63, 3.8) is 0 Å². The van der Waals surface area contributed by atoms with Gasteiger partial charge in [0.2, 0.25) is 0 Å². The number of nitro groups is 1. The average Bonchev–Trinajstić information content (AvgIpc) is 2.94. The number of aryl methyl sites for hydroxylation is 1. The summed E-state index contributed by atoms with van der Waals surface area (Å²) < 4.78 is 0. The van der Waals surface area contributed by atoms with Gasteiger partial charge in [0, 0.05) is 22.9 Å². The summed E-state index contributed by atoms with van der Waals surface area (Å²) in [7, 11) is 0. The van der Waals surface area contributed by atoms with Gasteiger partial charge in [-0.2, -0.15) is 0 Å². The summed E-state index contributed by atoms with van der Waals surface area (Å²) in [6.45, 7) is 6.15. The second-order valence-corrected chi connectivity index (χ2v) is 8.03. The molecule has 3 rings (SSSR count). The molecular formula is C20H21N3O3S. The van der Waals surface area contributed by atoms with Crippen LogP contribution in [0.25, 0.3) is 0 Å². The largest absolute Gasteiger partial charge is 0.281 e. The average molecular weight is 383 g/mol. The lowest BCUT2D eigenvalue weighted by Crippen LogP contribution is -2.46. The van der Waals surface area contributed by atoms with E-state index < -0.39 is 4.92 Å². The predicted molar refractivity (Wildman–Crippen MR) is 108 cm³/mol. The van der Waals surface area contributed by atoms with Crippen molar-refractivity contribution in [2.75, 3.05) is 5.75 Å². The summed E-state index contributed by atoms with van der Waals surface area (Å²) in [4.78, 5) is 30.1. The maximum Gasteiger partial charge on any atom is 0.272 e. The molecule has 1 amide bonds. The molecule has 0 unspecified atom stereocenters. The van der Waals surface area contributed by atoms with Crippen LogP contribution in [0.1, 0.15) is 35.3 Å². The third-order valence-corrected chi connectivity index (χ3v) is 5.86. The van der Waals surface area contributed by atoms with Gasteiger partial charge in [0.05, 0.1) is 17.0 Å². The van der Waals surface area contributed by atoms with Crippen LogP contribution >= 0.6 is 11.8 Å². The van der Waals surface area contributed by atoms with Gasteiger partial charge in [-0.15, -0.1) is 0 Å². The predicted octanol–water partition coefficient (Wildman–Crippen LogP) is 4.43. The quantitative estimate of drug-likeness (QED) is 0.578. The molecule has 2 aromatic rings. The summed E-state index contributed by atoms with van der Waals surface area (Å²) in [6.07, 6.45) is 0. The summed E-state index contributed by atoms with van der Waals surface area (Å²) >= 11 is 1.56. The van der Waals surface area contributed by atoms with Crippen LogP contribution < -0.4 is 0 Å². The monoisotopic (exact) mass is 383 g/mol. The van der Waals surface area contributed by atoms with Crippen LogP contribution in [0.15, 0.2) is 53.5 Å². The van der Waals surface area contributed by atoms with Crippen molar-refractivity contribution >= 4 is 28.5 Å². The third-order valence-electron chi connectivity index (χ3n) is 4.43. The van der Waals surface area contributed by atoms with Gasteiger partial charge < -0.3 is 0 Å². The van der Waals surface area contributed by atoms with Crippen molar-refractivity contribution in [3.8, 4) is 0 Å². The molecule has 6 nitrogen and oxygen atoms in total. The molecule has 0 aliphatic carbocycles. The van der Waals surface area contributed by atoms with Gasteiger partial charge in [-0.3, -0.25) is 24.8 Å². The highest BCUT2D eigenvalue weighted by atomic mass is 32.2. The van der Waals surface area contributed by atoms with Crippen LogP contribution in [-0.4, -0.2) is 32.2 Å². The van der Waals surface area contributed by atoms with Crippen molar-refractivity contribution < 1.29 is 9.72 Å². The van der Waals surface area contributed by atoms with E-state index in [2.05, 4.69) is 4.99 Å². The zero-order valence-electron chi connectivity index (χ0n) is 15.5. The smallest absolute Gasteiger partial charge is 0.272 e. The van der Waals surface area contributed by atoms with Crippen LogP contribution in [0, 0.1) is 17.0 Å². The molecule has 7 heteroatoms. The normalized spacial score (nSPS) is 17.3. The number of nitrogens with zero attached hydrogens (tertiary/aromatic N) is 3. The molecular weight excluding hydrogens is 362 g/mol. The molecule has 140 valence electrons. The number of aliphatic imine (C=N–C) groups is 1. The number of benzene rings is 2. The Kier molecular flexibility index (Phi) is 5.32. The Labute approximate surface area is 162 Å². The Morgan fingerprint density at radius 2 is 1.96 bits per heavy atom. The van der Waals surface area contributed by atoms with E-state index in [0.717, 1.165) is 11.3 Å². The summed E-state index contributed by atoms with van der Waals surface area (Å²) in [6, 6.07) is 14.4. The molecule has 1 heterocycles. The van der Waals surface area contributed by atoms with Crippen LogP contribution in [-0.2, 0) is 6.54 Å². The highest BCUT2D eigenvalue weighted by molar-refractivity contribution is 8.14. The van der Waals surface area contributed by atoms with Crippen LogP contribution in [0.2, 0.25) is 0 Å². The summed E-state index contributed by atoms with van der Waals surface area (Å²) in [5.74, 6) is 0.563. The highest BCUT2D eigenvalue weighted by Crippen LogP contribution is 2.35.